The van der Waals surface area contributed by atoms with E-state index < -0.39 is 0 Å². The van der Waals surface area contributed by atoms with Gasteiger partial charge in [0.05, 0.1) is 0 Å². The minimum absolute atomic E-state index is 0. The predicted molar refractivity (Wildman–Crippen MR) is 112 cm³/mol. The van der Waals surface area contributed by atoms with E-state index in [1.54, 1.807) is 12.1 Å². The van der Waals surface area contributed by atoms with Gasteiger partial charge in [-0.05, 0) is 55.7 Å². The summed E-state index contributed by atoms with van der Waals surface area (Å²) in [6.07, 6.45) is 5.36. The molecule has 0 bridgehead atoms. The number of aryl methyl sites for hydroxylation is 1. The molecule has 0 amide bonds. The molecule has 0 aliphatic carbocycles. The Bertz CT molecular complexity index is 521. The van der Waals surface area contributed by atoms with Crippen LogP contribution in [0.4, 0.5) is 4.39 Å². The molecule has 1 fully saturated rings. The van der Waals surface area contributed by atoms with E-state index in [0.717, 1.165) is 56.6 Å². The summed E-state index contributed by atoms with van der Waals surface area (Å²) >= 11 is 0. The average molecular weight is 463 g/mol. The van der Waals surface area contributed by atoms with Gasteiger partial charge in [-0.2, -0.15) is 0 Å². The Hall–Kier alpha value is -0.890. The molecular weight excluding hydrogens is 432 g/mol. The van der Waals surface area contributed by atoms with Gasteiger partial charge >= 0.3 is 0 Å². The summed E-state index contributed by atoms with van der Waals surface area (Å²) in [5, 5.41) is 3.40. The largest absolute Gasteiger partial charge is 0.381 e. The van der Waals surface area contributed by atoms with Gasteiger partial charge < -0.3 is 15.0 Å². The van der Waals surface area contributed by atoms with Gasteiger partial charge in [-0.25, -0.2) is 4.39 Å². The summed E-state index contributed by atoms with van der Waals surface area (Å²) in [4.78, 5) is 6.55. The number of nitrogens with zero attached hydrogens (tertiary/aromatic N) is 2. The molecule has 0 atom stereocenters. The normalized spacial score (nSPS) is 15.6. The highest BCUT2D eigenvalue weighted by molar-refractivity contribution is 14.0. The highest BCUT2D eigenvalue weighted by Gasteiger charge is 2.15. The molecule has 1 aliphatic heterocycles. The molecule has 25 heavy (non-hydrogen) atoms. The Morgan fingerprint density at radius 2 is 2.12 bits per heavy atom. The number of guanidine groups is 1. The van der Waals surface area contributed by atoms with Gasteiger partial charge in [-0.1, -0.05) is 12.1 Å². The van der Waals surface area contributed by atoms with E-state index in [1.807, 2.05) is 13.1 Å². The van der Waals surface area contributed by atoms with E-state index in [-0.39, 0.29) is 29.8 Å². The number of halogens is 2. The first-order valence-electron chi connectivity index (χ1n) is 8.93. The number of benzene rings is 1. The third-order valence-corrected chi connectivity index (χ3v) is 4.60. The van der Waals surface area contributed by atoms with E-state index in [0.29, 0.717) is 0 Å². The van der Waals surface area contributed by atoms with Crippen molar-refractivity contribution in [2.75, 3.05) is 40.4 Å². The van der Waals surface area contributed by atoms with Crippen molar-refractivity contribution >= 4 is 29.9 Å². The van der Waals surface area contributed by atoms with Gasteiger partial charge in [0.2, 0.25) is 0 Å². The lowest BCUT2D eigenvalue weighted by Crippen LogP contribution is -2.40. The van der Waals surface area contributed by atoms with Gasteiger partial charge in [-0.3, -0.25) is 4.99 Å². The van der Waals surface area contributed by atoms with E-state index in [4.69, 9.17) is 4.74 Å². The molecule has 1 heterocycles. The van der Waals surface area contributed by atoms with Crippen molar-refractivity contribution in [3.05, 3.63) is 35.6 Å². The minimum Gasteiger partial charge on any atom is -0.381 e. The second-order valence-corrected chi connectivity index (χ2v) is 6.47. The SMILES string of the molecule is CN=C(NCCCc1cccc(F)c1)N(C)CCC1CCOCC1.I. The molecule has 1 aromatic carbocycles. The van der Waals surface area contributed by atoms with Crippen molar-refractivity contribution in [3.63, 3.8) is 0 Å². The van der Waals surface area contributed by atoms with Gasteiger partial charge in [0.25, 0.3) is 0 Å². The van der Waals surface area contributed by atoms with Crippen LogP contribution in [-0.2, 0) is 11.2 Å². The van der Waals surface area contributed by atoms with Crippen LogP contribution >= 0.6 is 24.0 Å². The lowest BCUT2D eigenvalue weighted by molar-refractivity contribution is 0.0625. The molecule has 1 aromatic rings. The topological polar surface area (TPSA) is 36.9 Å². The lowest BCUT2D eigenvalue weighted by Gasteiger charge is -2.26. The number of nitrogens with one attached hydrogen (secondary N) is 1. The van der Waals surface area contributed by atoms with Crippen molar-refractivity contribution in [2.24, 2.45) is 10.9 Å². The van der Waals surface area contributed by atoms with Gasteiger partial charge in [0.15, 0.2) is 5.96 Å². The molecule has 6 heteroatoms. The fourth-order valence-electron chi connectivity index (χ4n) is 3.09. The lowest BCUT2D eigenvalue weighted by atomic mass is 9.96. The molecule has 0 saturated carbocycles. The summed E-state index contributed by atoms with van der Waals surface area (Å²) < 4.78 is 18.6. The quantitative estimate of drug-likeness (QED) is 0.290. The average Bonchev–Trinajstić information content (AvgIpc) is 2.61. The summed E-state index contributed by atoms with van der Waals surface area (Å²) in [6.45, 7) is 3.65. The third kappa shape index (κ3) is 8.35. The summed E-state index contributed by atoms with van der Waals surface area (Å²) in [5.74, 6) is 1.54. The number of aliphatic imine (C=N–C) groups is 1. The summed E-state index contributed by atoms with van der Waals surface area (Å²) in [6, 6.07) is 6.82. The van der Waals surface area contributed by atoms with Crippen LogP contribution in [0.15, 0.2) is 29.3 Å². The van der Waals surface area contributed by atoms with Crippen LogP contribution in [0.3, 0.4) is 0 Å². The van der Waals surface area contributed by atoms with E-state index in [2.05, 4.69) is 22.3 Å². The molecule has 0 unspecified atom stereocenters. The molecule has 2 rings (SSSR count). The molecule has 142 valence electrons. The maximum atomic E-state index is 13.2. The van der Waals surface area contributed by atoms with Crippen LogP contribution in [-0.4, -0.2) is 51.3 Å². The van der Waals surface area contributed by atoms with E-state index in [9.17, 15) is 4.39 Å². The number of ether oxygens (including phenoxy) is 1. The van der Waals surface area contributed by atoms with E-state index in [1.165, 1.54) is 25.3 Å². The fourth-order valence-corrected chi connectivity index (χ4v) is 3.09. The van der Waals surface area contributed by atoms with Crippen molar-refractivity contribution in [3.8, 4) is 0 Å². The zero-order chi connectivity index (χ0) is 17.2. The third-order valence-electron chi connectivity index (χ3n) is 4.60. The van der Waals surface area contributed by atoms with Gasteiger partial charge in [0, 0.05) is 40.4 Å². The number of hydrogen-bond donors (Lipinski definition) is 1. The monoisotopic (exact) mass is 463 g/mol. The first-order valence-corrected chi connectivity index (χ1v) is 8.93. The van der Waals surface area contributed by atoms with Crippen molar-refractivity contribution in [2.45, 2.75) is 32.1 Å². The first kappa shape index (κ1) is 22.2. The zero-order valence-electron chi connectivity index (χ0n) is 15.3. The Labute approximate surface area is 168 Å². The summed E-state index contributed by atoms with van der Waals surface area (Å²) in [7, 11) is 3.90. The minimum atomic E-state index is -0.163. The molecule has 0 radical (unpaired) electrons. The molecule has 1 N–H and O–H groups in total. The molecule has 1 saturated heterocycles. The van der Waals surface area contributed by atoms with Crippen LogP contribution in [0.5, 0.6) is 0 Å². The van der Waals surface area contributed by atoms with Gasteiger partial charge in [0.1, 0.15) is 5.82 Å². The van der Waals surface area contributed by atoms with Crippen LogP contribution in [0.1, 0.15) is 31.2 Å². The second kappa shape index (κ2) is 12.5. The fraction of sp³-hybridized carbons (Fsp3) is 0.632. The predicted octanol–water partition coefficient (Wildman–Crippen LogP) is 3.70. The number of hydrogen-bond acceptors (Lipinski definition) is 2. The highest BCUT2D eigenvalue weighted by Crippen LogP contribution is 2.18. The van der Waals surface area contributed by atoms with Gasteiger partial charge in [-0.15, -0.1) is 24.0 Å². The van der Waals surface area contributed by atoms with Crippen molar-refractivity contribution in [1.82, 2.24) is 10.2 Å². The molecule has 4 nitrogen and oxygen atoms in total. The second-order valence-electron chi connectivity index (χ2n) is 6.47. The van der Waals surface area contributed by atoms with Crippen LogP contribution < -0.4 is 5.32 Å². The maximum absolute atomic E-state index is 13.2. The molecular formula is C19H31FIN3O. The van der Waals surface area contributed by atoms with Crippen LogP contribution in [0, 0.1) is 11.7 Å². The first-order chi connectivity index (χ1) is 11.7. The Morgan fingerprint density at radius 3 is 2.80 bits per heavy atom. The van der Waals surface area contributed by atoms with Crippen LogP contribution in [0.2, 0.25) is 0 Å². The molecule has 0 spiro atoms. The van der Waals surface area contributed by atoms with Crippen LogP contribution in [0.25, 0.3) is 0 Å². The Morgan fingerprint density at radius 1 is 1.36 bits per heavy atom. The smallest absolute Gasteiger partial charge is 0.193 e. The van der Waals surface area contributed by atoms with Crippen molar-refractivity contribution in [1.29, 1.82) is 0 Å². The summed E-state index contributed by atoms with van der Waals surface area (Å²) in [5.41, 5.74) is 1.04. The molecule has 1 aliphatic rings. The standard InChI is InChI=1S/C19H30FN3O.HI/c1-21-19(23(2)12-8-16-9-13-24-14-10-16)22-11-4-6-17-5-3-7-18(20)15-17;/h3,5,7,15-16H,4,6,8-14H2,1-2H3,(H,21,22);1H. The Balaban J connectivity index is 0.00000312. The zero-order valence-corrected chi connectivity index (χ0v) is 17.7. The Kier molecular flexibility index (Phi) is 11.0. The number of rotatable bonds is 7. The maximum Gasteiger partial charge on any atom is 0.193 e. The highest BCUT2D eigenvalue weighted by atomic mass is 127. The van der Waals surface area contributed by atoms with Crippen molar-refractivity contribution < 1.29 is 9.13 Å². The molecule has 0 aromatic heterocycles. The van der Waals surface area contributed by atoms with E-state index >= 15 is 0 Å².